The number of hydrogen-bond donors (Lipinski definition) is 1. The Kier molecular flexibility index (Phi) is 9.17. The van der Waals surface area contributed by atoms with Crippen molar-refractivity contribution in [3.63, 3.8) is 0 Å². The molecule has 250 valence electrons. The average molecular weight is 646 g/mol. The molecule has 0 spiro atoms. The number of carbonyl (C=O) groups excluding carboxylic acids is 3. The predicted octanol–water partition coefficient (Wildman–Crippen LogP) is 6.94. The highest BCUT2D eigenvalue weighted by molar-refractivity contribution is 5.96. The van der Waals surface area contributed by atoms with Crippen molar-refractivity contribution in [2.24, 2.45) is 11.8 Å². The third-order valence-electron chi connectivity index (χ3n) is 8.02. The number of fused-ring (bicyclic) bond motifs is 1. The van der Waals surface area contributed by atoms with Gasteiger partial charge in [0.25, 0.3) is 0 Å². The fourth-order valence-electron chi connectivity index (χ4n) is 5.81. The first-order valence-electron chi connectivity index (χ1n) is 14.9. The summed E-state index contributed by atoms with van der Waals surface area (Å²) in [5.41, 5.74) is -0.897. The summed E-state index contributed by atoms with van der Waals surface area (Å²) in [7, 11) is 0. The van der Waals surface area contributed by atoms with Crippen molar-refractivity contribution >= 4 is 23.7 Å². The number of likely N-dealkylation sites (tertiary alicyclic amines) is 1. The molecule has 10 nitrogen and oxygen atoms in total. The van der Waals surface area contributed by atoms with Gasteiger partial charge in [0, 0.05) is 18.8 Å². The number of imide groups is 1. The molecule has 2 unspecified atom stereocenters. The Morgan fingerprint density at radius 1 is 1.04 bits per heavy atom. The van der Waals surface area contributed by atoms with Gasteiger partial charge in [0.15, 0.2) is 5.65 Å². The summed E-state index contributed by atoms with van der Waals surface area (Å²) in [5, 5.41) is 7.11. The maximum atomic E-state index is 14.0. The molecular weight excluding hydrogens is 605 g/mol. The van der Waals surface area contributed by atoms with Crippen molar-refractivity contribution in [2.75, 3.05) is 0 Å². The number of carbonyl (C=O) groups is 3. The highest BCUT2D eigenvalue weighted by Crippen LogP contribution is 2.44. The number of alkyl carbamates (subject to hydrolysis) is 1. The van der Waals surface area contributed by atoms with Crippen molar-refractivity contribution in [1.29, 1.82) is 0 Å². The Morgan fingerprint density at radius 3 is 2.20 bits per heavy atom. The SMILES string of the molecule is CC(c1cnn2cc([C@@H](NC(=O)OC(C)(C)C)C3CCC(F)(F)CC3)nc2c1)C1C[C@@H](C(F)(F)F)N(C(=O)OC(C)(C)C)C1=O. The van der Waals surface area contributed by atoms with E-state index < -0.39 is 71.7 Å². The van der Waals surface area contributed by atoms with E-state index in [0.29, 0.717) is 11.3 Å². The lowest BCUT2D eigenvalue weighted by atomic mass is 9.81. The van der Waals surface area contributed by atoms with E-state index in [-0.39, 0.29) is 42.1 Å². The van der Waals surface area contributed by atoms with Gasteiger partial charge in [0.05, 0.1) is 24.1 Å². The minimum atomic E-state index is -4.86. The Hall–Kier alpha value is -3.52. The molecule has 1 aliphatic carbocycles. The Bertz CT molecular complexity index is 1420. The van der Waals surface area contributed by atoms with Crippen LogP contribution in [0.4, 0.5) is 31.5 Å². The van der Waals surface area contributed by atoms with Gasteiger partial charge >= 0.3 is 18.4 Å². The van der Waals surface area contributed by atoms with Crippen LogP contribution < -0.4 is 5.32 Å². The highest BCUT2D eigenvalue weighted by Gasteiger charge is 2.57. The highest BCUT2D eigenvalue weighted by atomic mass is 19.4. The smallest absolute Gasteiger partial charge is 0.417 e. The Labute approximate surface area is 258 Å². The maximum absolute atomic E-state index is 14.0. The third-order valence-corrected chi connectivity index (χ3v) is 8.02. The van der Waals surface area contributed by atoms with E-state index in [0.717, 1.165) is 0 Å². The van der Waals surface area contributed by atoms with Crippen molar-refractivity contribution in [2.45, 2.75) is 122 Å². The van der Waals surface area contributed by atoms with Crippen LogP contribution in [-0.2, 0) is 14.3 Å². The number of nitrogens with zero attached hydrogens (tertiary/aromatic N) is 4. The molecule has 45 heavy (non-hydrogen) atoms. The van der Waals surface area contributed by atoms with Crippen LogP contribution in [0.3, 0.4) is 0 Å². The van der Waals surface area contributed by atoms with E-state index in [1.165, 1.54) is 31.5 Å². The molecule has 2 aromatic rings. The molecule has 4 atom stereocenters. The third kappa shape index (κ3) is 8.20. The van der Waals surface area contributed by atoms with E-state index in [1.54, 1.807) is 40.0 Å². The number of amides is 3. The Balaban J connectivity index is 1.62. The molecule has 2 aliphatic rings. The monoisotopic (exact) mass is 645 g/mol. The van der Waals surface area contributed by atoms with E-state index in [4.69, 9.17) is 9.47 Å². The second-order valence-electron chi connectivity index (χ2n) is 14.0. The second kappa shape index (κ2) is 12.0. The maximum Gasteiger partial charge on any atom is 0.417 e. The fourth-order valence-corrected chi connectivity index (χ4v) is 5.81. The molecular formula is C30H40F5N5O5. The minimum absolute atomic E-state index is 0.134. The molecule has 0 aromatic carbocycles. The van der Waals surface area contributed by atoms with Gasteiger partial charge in [0.2, 0.25) is 11.8 Å². The van der Waals surface area contributed by atoms with E-state index in [2.05, 4.69) is 15.4 Å². The first-order chi connectivity index (χ1) is 20.5. The van der Waals surface area contributed by atoms with Gasteiger partial charge in [-0.3, -0.25) is 4.79 Å². The second-order valence-corrected chi connectivity index (χ2v) is 14.0. The number of aromatic nitrogens is 3. The topological polar surface area (TPSA) is 115 Å². The molecule has 2 aromatic heterocycles. The molecule has 1 aliphatic heterocycles. The lowest BCUT2D eigenvalue weighted by Crippen LogP contribution is -2.48. The van der Waals surface area contributed by atoms with Crippen molar-refractivity contribution in [3.05, 3.63) is 29.7 Å². The minimum Gasteiger partial charge on any atom is -0.444 e. The number of hydrogen-bond acceptors (Lipinski definition) is 7. The van der Waals surface area contributed by atoms with Crippen LogP contribution in [0.15, 0.2) is 18.5 Å². The number of halogens is 5. The molecule has 1 saturated heterocycles. The first kappa shape index (κ1) is 34.4. The van der Waals surface area contributed by atoms with Gasteiger partial charge < -0.3 is 14.8 Å². The van der Waals surface area contributed by atoms with Gasteiger partial charge in [-0.2, -0.15) is 18.3 Å². The fraction of sp³-hybridized carbons (Fsp3) is 0.700. The van der Waals surface area contributed by atoms with Gasteiger partial charge in [-0.05, 0) is 84.3 Å². The summed E-state index contributed by atoms with van der Waals surface area (Å²) in [4.78, 5) is 43.4. The predicted molar refractivity (Wildman–Crippen MR) is 151 cm³/mol. The van der Waals surface area contributed by atoms with Crippen LogP contribution in [0.1, 0.15) is 104 Å². The van der Waals surface area contributed by atoms with Gasteiger partial charge in [-0.15, -0.1) is 0 Å². The molecule has 1 saturated carbocycles. The molecule has 3 heterocycles. The molecule has 3 amide bonds. The average Bonchev–Trinajstić information content (AvgIpc) is 3.45. The number of alkyl halides is 5. The lowest BCUT2D eigenvalue weighted by molar-refractivity contribution is -0.177. The van der Waals surface area contributed by atoms with Crippen LogP contribution in [0, 0.1) is 11.8 Å². The molecule has 4 rings (SSSR count). The Morgan fingerprint density at radius 2 is 1.64 bits per heavy atom. The zero-order valence-corrected chi connectivity index (χ0v) is 26.4. The van der Waals surface area contributed by atoms with Crippen molar-refractivity contribution in [3.8, 4) is 0 Å². The summed E-state index contributed by atoms with van der Waals surface area (Å²) < 4.78 is 81.7. The van der Waals surface area contributed by atoms with E-state index in [9.17, 15) is 36.3 Å². The lowest BCUT2D eigenvalue weighted by Gasteiger charge is -2.33. The van der Waals surface area contributed by atoms with Gasteiger partial charge in [-0.1, -0.05) is 6.92 Å². The van der Waals surface area contributed by atoms with Crippen LogP contribution >= 0.6 is 0 Å². The van der Waals surface area contributed by atoms with E-state index >= 15 is 0 Å². The van der Waals surface area contributed by atoms with Crippen molar-refractivity contribution < 1.29 is 45.8 Å². The standard InChI is InChI=1S/C30H40F5N5O5/c1-16(19-13-21(30(33,34)35)40(24(19)41)26(43)45-28(5,6)7)18-12-22-37-20(15-39(22)36-14-18)23(38-25(42)44-27(2,3)4)17-8-10-29(31,32)11-9-17/h12,14-17,19,21,23H,8-11,13H2,1-7H3,(H,38,42)/t16?,19?,21-,23-/m0/s1. The number of nitrogens with one attached hydrogen (secondary N) is 1. The number of ether oxygens (including phenoxy) is 2. The summed E-state index contributed by atoms with van der Waals surface area (Å²) in [6, 6.07) is -1.55. The summed E-state index contributed by atoms with van der Waals surface area (Å²) in [5.74, 6) is -6.15. The summed E-state index contributed by atoms with van der Waals surface area (Å²) in [6.45, 7) is 11.1. The van der Waals surface area contributed by atoms with Crippen LogP contribution in [0.2, 0.25) is 0 Å². The number of rotatable bonds is 5. The quantitative estimate of drug-likeness (QED) is 0.351. The van der Waals surface area contributed by atoms with Crippen LogP contribution in [0.25, 0.3) is 5.65 Å². The van der Waals surface area contributed by atoms with Gasteiger partial charge in [-0.25, -0.2) is 32.8 Å². The first-order valence-corrected chi connectivity index (χ1v) is 14.9. The summed E-state index contributed by atoms with van der Waals surface area (Å²) >= 11 is 0. The van der Waals surface area contributed by atoms with Crippen LogP contribution in [-0.4, -0.2) is 66.9 Å². The molecule has 0 radical (unpaired) electrons. The number of imidazole rings is 1. The van der Waals surface area contributed by atoms with E-state index in [1.807, 2.05) is 0 Å². The summed E-state index contributed by atoms with van der Waals surface area (Å²) in [6.07, 6.45) is -5.08. The molecule has 0 bridgehead atoms. The van der Waals surface area contributed by atoms with Crippen molar-refractivity contribution in [1.82, 2.24) is 24.8 Å². The normalized spacial score (nSPS) is 22.8. The molecule has 15 heteroatoms. The molecule has 2 fully saturated rings. The molecule has 1 N–H and O–H groups in total. The van der Waals surface area contributed by atoms with Crippen LogP contribution in [0.5, 0.6) is 0 Å². The van der Waals surface area contributed by atoms with Gasteiger partial charge in [0.1, 0.15) is 17.2 Å². The largest absolute Gasteiger partial charge is 0.444 e. The zero-order chi connectivity index (χ0) is 33.7. The zero-order valence-electron chi connectivity index (χ0n) is 26.4.